The maximum Gasteiger partial charge on any atom is 0.278 e. The van der Waals surface area contributed by atoms with Crippen LogP contribution in [0.3, 0.4) is 0 Å². The molecule has 2 N–H and O–H groups in total. The highest BCUT2D eigenvalue weighted by Crippen LogP contribution is 2.29. The quantitative estimate of drug-likeness (QED) is 0.871. The molecule has 1 amide bonds. The number of aromatic hydroxyl groups is 1. The van der Waals surface area contributed by atoms with Gasteiger partial charge in [-0.1, -0.05) is 0 Å². The lowest BCUT2D eigenvalue weighted by atomic mass is 10.0. The van der Waals surface area contributed by atoms with Gasteiger partial charge in [-0.15, -0.1) is 0 Å². The number of hydrogen-bond donors (Lipinski definition) is 2. The fraction of sp³-hybridized carbons (Fsp3) is 0.412. The van der Waals surface area contributed by atoms with E-state index in [1.165, 1.54) is 23.0 Å². The van der Waals surface area contributed by atoms with E-state index in [-0.39, 0.29) is 23.2 Å². The van der Waals surface area contributed by atoms with Crippen molar-refractivity contribution < 1.29 is 14.3 Å². The Labute approximate surface area is 138 Å². The summed E-state index contributed by atoms with van der Waals surface area (Å²) in [5.41, 5.74) is 1.36. The standard InChI is InChI=1S/C17H19FN4O2/c1-10-4-13(18)2-3-14(10)22-9-15(23)16(20-22)17(24)21-7-11-5-19-6-12(11)8-21/h2-4,9,11-12,19,23H,5-8H2,1H3/t11-,12+. The van der Waals surface area contributed by atoms with Crippen LogP contribution >= 0.6 is 0 Å². The van der Waals surface area contributed by atoms with Crippen molar-refractivity contribution in [2.24, 2.45) is 11.8 Å². The molecule has 0 radical (unpaired) electrons. The Hall–Kier alpha value is -2.41. The van der Waals surface area contributed by atoms with Gasteiger partial charge in [-0.2, -0.15) is 5.10 Å². The zero-order valence-corrected chi connectivity index (χ0v) is 13.4. The van der Waals surface area contributed by atoms with Crippen LogP contribution in [-0.4, -0.2) is 51.9 Å². The number of halogens is 1. The number of carbonyl (C=O) groups excluding carboxylic acids is 1. The fourth-order valence-corrected chi connectivity index (χ4v) is 3.69. The third-order valence-electron chi connectivity index (χ3n) is 4.98. The summed E-state index contributed by atoms with van der Waals surface area (Å²) in [4.78, 5) is 14.5. The molecule has 1 aromatic heterocycles. The number of nitrogens with one attached hydrogen (secondary N) is 1. The van der Waals surface area contributed by atoms with E-state index in [1.54, 1.807) is 17.9 Å². The predicted molar refractivity (Wildman–Crippen MR) is 85.7 cm³/mol. The van der Waals surface area contributed by atoms with Crippen molar-refractivity contribution in [3.05, 3.63) is 41.5 Å². The van der Waals surface area contributed by atoms with Crippen LogP contribution < -0.4 is 5.32 Å². The van der Waals surface area contributed by atoms with E-state index in [4.69, 9.17) is 0 Å². The van der Waals surface area contributed by atoms with Gasteiger partial charge in [0.25, 0.3) is 5.91 Å². The number of likely N-dealkylation sites (tertiary alicyclic amines) is 1. The molecule has 0 spiro atoms. The number of rotatable bonds is 2. The van der Waals surface area contributed by atoms with E-state index in [0.717, 1.165) is 13.1 Å². The smallest absolute Gasteiger partial charge is 0.278 e. The zero-order valence-electron chi connectivity index (χ0n) is 13.4. The van der Waals surface area contributed by atoms with Crippen molar-refractivity contribution in [2.45, 2.75) is 6.92 Å². The number of fused-ring (bicyclic) bond motifs is 1. The van der Waals surface area contributed by atoms with Crippen molar-refractivity contribution in [1.29, 1.82) is 0 Å². The minimum absolute atomic E-state index is 0.0478. The number of aromatic nitrogens is 2. The van der Waals surface area contributed by atoms with Gasteiger partial charge in [-0.25, -0.2) is 9.07 Å². The Bertz CT molecular complexity index is 792. The molecular formula is C17H19FN4O2. The number of aryl methyl sites for hydroxylation is 1. The second-order valence-electron chi connectivity index (χ2n) is 6.63. The van der Waals surface area contributed by atoms with Crippen molar-refractivity contribution in [3.63, 3.8) is 0 Å². The third-order valence-corrected chi connectivity index (χ3v) is 4.98. The average Bonchev–Trinajstić information content (AvgIpc) is 3.20. The Morgan fingerprint density at radius 2 is 2.04 bits per heavy atom. The monoisotopic (exact) mass is 330 g/mol. The van der Waals surface area contributed by atoms with Gasteiger partial charge in [0.1, 0.15) is 5.82 Å². The highest BCUT2D eigenvalue weighted by atomic mass is 19.1. The number of amides is 1. The first kappa shape index (κ1) is 15.1. The molecule has 2 aliphatic heterocycles. The fourth-order valence-electron chi connectivity index (χ4n) is 3.69. The molecule has 4 rings (SSSR count). The molecule has 3 heterocycles. The Morgan fingerprint density at radius 1 is 1.33 bits per heavy atom. The molecule has 0 saturated carbocycles. The first-order chi connectivity index (χ1) is 11.5. The van der Waals surface area contributed by atoms with Gasteiger partial charge in [0.05, 0.1) is 11.9 Å². The van der Waals surface area contributed by atoms with Crippen LogP contribution in [0.2, 0.25) is 0 Å². The topological polar surface area (TPSA) is 70.4 Å². The van der Waals surface area contributed by atoms with Crippen LogP contribution in [0.5, 0.6) is 5.75 Å². The van der Waals surface area contributed by atoms with Gasteiger partial charge >= 0.3 is 0 Å². The van der Waals surface area contributed by atoms with E-state index in [0.29, 0.717) is 36.2 Å². The molecule has 24 heavy (non-hydrogen) atoms. The molecule has 0 unspecified atom stereocenters. The molecule has 2 atom stereocenters. The number of hydrogen-bond acceptors (Lipinski definition) is 4. The second kappa shape index (κ2) is 5.59. The zero-order chi connectivity index (χ0) is 16.8. The van der Waals surface area contributed by atoms with Crippen LogP contribution in [-0.2, 0) is 0 Å². The van der Waals surface area contributed by atoms with E-state index in [1.807, 2.05) is 0 Å². The molecular weight excluding hydrogens is 311 g/mol. The number of benzene rings is 1. The summed E-state index contributed by atoms with van der Waals surface area (Å²) >= 11 is 0. The van der Waals surface area contributed by atoms with Crippen molar-refractivity contribution in [2.75, 3.05) is 26.2 Å². The summed E-state index contributed by atoms with van der Waals surface area (Å²) in [6.45, 7) is 5.01. The molecule has 2 aliphatic rings. The van der Waals surface area contributed by atoms with Gasteiger partial charge in [-0.3, -0.25) is 4.79 Å². The van der Waals surface area contributed by atoms with E-state index in [9.17, 15) is 14.3 Å². The van der Waals surface area contributed by atoms with Crippen molar-refractivity contribution in [3.8, 4) is 11.4 Å². The molecule has 2 saturated heterocycles. The lowest BCUT2D eigenvalue weighted by molar-refractivity contribution is 0.0772. The van der Waals surface area contributed by atoms with Gasteiger partial charge in [-0.05, 0) is 42.5 Å². The first-order valence-corrected chi connectivity index (χ1v) is 8.08. The summed E-state index contributed by atoms with van der Waals surface area (Å²) in [7, 11) is 0. The average molecular weight is 330 g/mol. The summed E-state index contributed by atoms with van der Waals surface area (Å²) in [6, 6.07) is 4.30. The van der Waals surface area contributed by atoms with E-state index < -0.39 is 0 Å². The SMILES string of the molecule is Cc1cc(F)ccc1-n1cc(O)c(C(=O)N2C[C@H]3CNC[C@H]3C2)n1. The first-order valence-electron chi connectivity index (χ1n) is 8.08. The normalized spacial score (nSPS) is 22.8. The minimum Gasteiger partial charge on any atom is -0.504 e. The molecule has 2 aromatic rings. The summed E-state index contributed by atoms with van der Waals surface area (Å²) in [6.07, 6.45) is 1.39. The molecule has 7 heteroatoms. The van der Waals surface area contributed by atoms with Crippen LogP contribution in [0.25, 0.3) is 5.69 Å². The molecule has 6 nitrogen and oxygen atoms in total. The Kier molecular flexibility index (Phi) is 3.53. The van der Waals surface area contributed by atoms with Crippen molar-refractivity contribution >= 4 is 5.91 Å². The van der Waals surface area contributed by atoms with Gasteiger partial charge in [0, 0.05) is 26.2 Å². The van der Waals surface area contributed by atoms with E-state index >= 15 is 0 Å². The second-order valence-corrected chi connectivity index (χ2v) is 6.63. The molecule has 126 valence electrons. The largest absolute Gasteiger partial charge is 0.504 e. The third kappa shape index (κ3) is 2.45. The maximum atomic E-state index is 13.2. The predicted octanol–water partition coefficient (Wildman–Crippen LogP) is 1.32. The summed E-state index contributed by atoms with van der Waals surface area (Å²) < 4.78 is 14.7. The van der Waals surface area contributed by atoms with E-state index in [2.05, 4.69) is 10.4 Å². The van der Waals surface area contributed by atoms with Gasteiger partial charge in [0.15, 0.2) is 11.4 Å². The van der Waals surface area contributed by atoms with Gasteiger partial charge < -0.3 is 15.3 Å². The summed E-state index contributed by atoms with van der Waals surface area (Å²) in [5, 5.41) is 17.7. The maximum absolute atomic E-state index is 13.2. The number of nitrogens with zero attached hydrogens (tertiary/aromatic N) is 3. The van der Waals surface area contributed by atoms with Crippen molar-refractivity contribution in [1.82, 2.24) is 20.0 Å². The molecule has 1 aromatic carbocycles. The van der Waals surface area contributed by atoms with Crippen LogP contribution in [0.15, 0.2) is 24.4 Å². The Balaban J connectivity index is 1.60. The molecule has 0 bridgehead atoms. The Morgan fingerprint density at radius 3 is 2.71 bits per heavy atom. The minimum atomic E-state index is -0.332. The molecule has 2 fully saturated rings. The van der Waals surface area contributed by atoms with Crippen LogP contribution in [0.1, 0.15) is 16.1 Å². The highest BCUT2D eigenvalue weighted by Gasteiger charge is 2.39. The molecule has 0 aliphatic carbocycles. The van der Waals surface area contributed by atoms with Crippen LogP contribution in [0, 0.1) is 24.6 Å². The number of carbonyl (C=O) groups is 1. The lowest BCUT2D eigenvalue weighted by Crippen LogP contribution is -2.32. The highest BCUT2D eigenvalue weighted by molar-refractivity contribution is 5.95. The van der Waals surface area contributed by atoms with Gasteiger partial charge in [0.2, 0.25) is 0 Å². The van der Waals surface area contributed by atoms with Crippen LogP contribution in [0.4, 0.5) is 4.39 Å². The lowest BCUT2D eigenvalue weighted by Gasteiger charge is -2.16. The summed E-state index contributed by atoms with van der Waals surface area (Å²) in [5.74, 6) is 0.232.